The lowest BCUT2D eigenvalue weighted by Gasteiger charge is -2.12. The zero-order valence-electron chi connectivity index (χ0n) is 8.66. The molecule has 1 atom stereocenters. The monoisotopic (exact) mass is 190 g/mol. The Bertz CT molecular complexity index is 355. The highest BCUT2D eigenvalue weighted by atomic mass is 16.5. The summed E-state index contributed by atoms with van der Waals surface area (Å²) in [4.78, 5) is 0. The summed E-state index contributed by atoms with van der Waals surface area (Å²) in [7, 11) is 1.63. The molecule has 0 aliphatic carbocycles. The largest absolute Gasteiger partial charge is 0.497 e. The van der Waals surface area contributed by atoms with Crippen LogP contribution in [-0.2, 0) is 0 Å². The minimum atomic E-state index is -0.194. The number of nitrogens with one attached hydrogen (secondary N) is 1. The standard InChI is InChI=1S/C11H14N2O/c1-8-4-5-10(14-3)6-11(8)13-9(2)7-12/h4-6,9,13H,1-3H3. The molecule has 0 radical (unpaired) electrons. The highest BCUT2D eigenvalue weighted by molar-refractivity contribution is 5.55. The van der Waals surface area contributed by atoms with Crippen molar-refractivity contribution in [1.29, 1.82) is 5.26 Å². The molecule has 3 heteroatoms. The van der Waals surface area contributed by atoms with Gasteiger partial charge in [0.05, 0.1) is 13.2 Å². The van der Waals surface area contributed by atoms with Crippen LogP contribution >= 0.6 is 0 Å². The van der Waals surface area contributed by atoms with Gasteiger partial charge in [-0.15, -0.1) is 0 Å². The van der Waals surface area contributed by atoms with Crippen molar-refractivity contribution in [2.45, 2.75) is 19.9 Å². The normalized spacial score (nSPS) is 11.6. The summed E-state index contributed by atoms with van der Waals surface area (Å²) < 4.78 is 5.10. The van der Waals surface area contributed by atoms with E-state index in [2.05, 4.69) is 11.4 Å². The highest BCUT2D eigenvalue weighted by Crippen LogP contribution is 2.22. The molecule has 0 saturated heterocycles. The van der Waals surface area contributed by atoms with Crippen LogP contribution in [-0.4, -0.2) is 13.2 Å². The fourth-order valence-electron chi connectivity index (χ4n) is 1.15. The van der Waals surface area contributed by atoms with Crippen LogP contribution in [0.15, 0.2) is 18.2 Å². The second kappa shape index (κ2) is 4.52. The molecule has 0 saturated carbocycles. The van der Waals surface area contributed by atoms with E-state index in [1.807, 2.05) is 32.0 Å². The molecule has 14 heavy (non-hydrogen) atoms. The smallest absolute Gasteiger partial charge is 0.120 e. The molecule has 1 N–H and O–H groups in total. The van der Waals surface area contributed by atoms with Gasteiger partial charge in [0.1, 0.15) is 11.8 Å². The van der Waals surface area contributed by atoms with Gasteiger partial charge in [-0.2, -0.15) is 5.26 Å². The molecular weight excluding hydrogens is 176 g/mol. The maximum atomic E-state index is 8.67. The quantitative estimate of drug-likeness (QED) is 0.795. The minimum Gasteiger partial charge on any atom is -0.497 e. The number of ether oxygens (including phenoxy) is 1. The van der Waals surface area contributed by atoms with Crippen LogP contribution in [0.1, 0.15) is 12.5 Å². The van der Waals surface area contributed by atoms with Crippen LogP contribution in [0.4, 0.5) is 5.69 Å². The van der Waals surface area contributed by atoms with Gasteiger partial charge in [0.15, 0.2) is 0 Å². The van der Waals surface area contributed by atoms with Gasteiger partial charge in [0, 0.05) is 11.8 Å². The number of nitrogens with zero attached hydrogens (tertiary/aromatic N) is 1. The lowest BCUT2D eigenvalue weighted by Crippen LogP contribution is -2.12. The molecule has 3 nitrogen and oxygen atoms in total. The first-order valence-electron chi connectivity index (χ1n) is 4.48. The Kier molecular flexibility index (Phi) is 3.35. The number of methoxy groups -OCH3 is 1. The van der Waals surface area contributed by atoms with Gasteiger partial charge < -0.3 is 10.1 Å². The molecule has 0 aromatic heterocycles. The third kappa shape index (κ3) is 2.40. The van der Waals surface area contributed by atoms with E-state index in [4.69, 9.17) is 10.00 Å². The van der Waals surface area contributed by atoms with Gasteiger partial charge in [-0.05, 0) is 25.5 Å². The van der Waals surface area contributed by atoms with Gasteiger partial charge in [-0.3, -0.25) is 0 Å². The fraction of sp³-hybridized carbons (Fsp3) is 0.364. The molecule has 0 fully saturated rings. The summed E-state index contributed by atoms with van der Waals surface area (Å²) in [6.07, 6.45) is 0. The van der Waals surface area contributed by atoms with E-state index in [9.17, 15) is 0 Å². The lowest BCUT2D eigenvalue weighted by molar-refractivity contribution is 0.415. The fourth-order valence-corrected chi connectivity index (χ4v) is 1.15. The zero-order valence-corrected chi connectivity index (χ0v) is 8.66. The van der Waals surface area contributed by atoms with Crippen molar-refractivity contribution in [3.8, 4) is 11.8 Å². The van der Waals surface area contributed by atoms with E-state index in [1.165, 1.54) is 0 Å². The predicted molar refractivity (Wildman–Crippen MR) is 56.4 cm³/mol. The van der Waals surface area contributed by atoms with Crippen molar-refractivity contribution in [3.63, 3.8) is 0 Å². The second-order valence-corrected chi connectivity index (χ2v) is 3.18. The SMILES string of the molecule is COc1ccc(C)c(NC(C)C#N)c1. The Morgan fingerprint density at radius 1 is 1.50 bits per heavy atom. The van der Waals surface area contributed by atoms with Crippen LogP contribution < -0.4 is 10.1 Å². The van der Waals surface area contributed by atoms with Crippen molar-refractivity contribution in [2.75, 3.05) is 12.4 Å². The molecule has 74 valence electrons. The second-order valence-electron chi connectivity index (χ2n) is 3.18. The summed E-state index contributed by atoms with van der Waals surface area (Å²) in [5, 5.41) is 11.8. The third-order valence-corrected chi connectivity index (χ3v) is 2.01. The van der Waals surface area contributed by atoms with Crippen molar-refractivity contribution >= 4 is 5.69 Å². The van der Waals surface area contributed by atoms with Crippen LogP contribution in [0.5, 0.6) is 5.75 Å². The number of hydrogen-bond acceptors (Lipinski definition) is 3. The summed E-state index contributed by atoms with van der Waals surface area (Å²) >= 11 is 0. The van der Waals surface area contributed by atoms with Crippen molar-refractivity contribution < 1.29 is 4.74 Å². The Morgan fingerprint density at radius 2 is 2.21 bits per heavy atom. The van der Waals surface area contributed by atoms with Crippen molar-refractivity contribution in [2.24, 2.45) is 0 Å². The average Bonchev–Trinajstić information content (AvgIpc) is 2.21. The molecule has 0 heterocycles. The molecule has 0 aliphatic rings. The first-order chi connectivity index (χ1) is 6.67. The van der Waals surface area contributed by atoms with E-state index in [1.54, 1.807) is 7.11 Å². The number of aryl methyl sites for hydroxylation is 1. The van der Waals surface area contributed by atoms with E-state index >= 15 is 0 Å². The first kappa shape index (κ1) is 10.4. The molecule has 0 spiro atoms. The van der Waals surface area contributed by atoms with E-state index in [0.717, 1.165) is 17.0 Å². The van der Waals surface area contributed by atoms with E-state index in [-0.39, 0.29) is 6.04 Å². The van der Waals surface area contributed by atoms with Gasteiger partial charge in [-0.25, -0.2) is 0 Å². The number of rotatable bonds is 3. The Balaban J connectivity index is 2.90. The first-order valence-corrected chi connectivity index (χ1v) is 4.48. The Morgan fingerprint density at radius 3 is 2.79 bits per heavy atom. The minimum absolute atomic E-state index is 0.194. The molecule has 1 rings (SSSR count). The van der Waals surface area contributed by atoms with Crippen LogP contribution in [0.2, 0.25) is 0 Å². The predicted octanol–water partition coefficient (Wildman–Crippen LogP) is 2.33. The number of anilines is 1. The summed E-state index contributed by atoms with van der Waals surface area (Å²) in [5.41, 5.74) is 2.05. The summed E-state index contributed by atoms with van der Waals surface area (Å²) in [5.74, 6) is 0.795. The summed E-state index contributed by atoms with van der Waals surface area (Å²) in [6, 6.07) is 7.69. The molecule has 1 unspecified atom stereocenters. The molecule has 1 aromatic rings. The summed E-state index contributed by atoms with van der Waals surface area (Å²) in [6.45, 7) is 3.81. The zero-order chi connectivity index (χ0) is 10.6. The maximum absolute atomic E-state index is 8.67. The average molecular weight is 190 g/mol. The number of hydrogen-bond donors (Lipinski definition) is 1. The molecule has 1 aromatic carbocycles. The van der Waals surface area contributed by atoms with E-state index in [0.29, 0.717) is 0 Å². The van der Waals surface area contributed by atoms with Gasteiger partial charge in [0.2, 0.25) is 0 Å². The van der Waals surface area contributed by atoms with Crippen molar-refractivity contribution in [3.05, 3.63) is 23.8 Å². The van der Waals surface area contributed by atoms with Crippen molar-refractivity contribution in [1.82, 2.24) is 0 Å². The number of nitriles is 1. The third-order valence-electron chi connectivity index (χ3n) is 2.01. The molecule has 0 amide bonds. The molecular formula is C11H14N2O. The Labute approximate surface area is 84.3 Å². The van der Waals surface area contributed by atoms with Crippen LogP contribution in [0, 0.1) is 18.3 Å². The van der Waals surface area contributed by atoms with Gasteiger partial charge in [0.25, 0.3) is 0 Å². The maximum Gasteiger partial charge on any atom is 0.120 e. The molecule has 0 aliphatic heterocycles. The lowest BCUT2D eigenvalue weighted by atomic mass is 10.2. The number of benzene rings is 1. The Hall–Kier alpha value is -1.69. The van der Waals surface area contributed by atoms with Crippen LogP contribution in [0.3, 0.4) is 0 Å². The topological polar surface area (TPSA) is 45.0 Å². The van der Waals surface area contributed by atoms with Gasteiger partial charge >= 0.3 is 0 Å². The van der Waals surface area contributed by atoms with Gasteiger partial charge in [-0.1, -0.05) is 6.07 Å². The highest BCUT2D eigenvalue weighted by Gasteiger charge is 2.03. The van der Waals surface area contributed by atoms with Crippen LogP contribution in [0.25, 0.3) is 0 Å². The molecule has 0 bridgehead atoms. The van der Waals surface area contributed by atoms with E-state index < -0.39 is 0 Å².